The van der Waals surface area contributed by atoms with E-state index in [-0.39, 0.29) is 5.92 Å². The minimum Gasteiger partial charge on any atom is -0.480 e. The van der Waals surface area contributed by atoms with Crippen molar-refractivity contribution in [3.8, 4) is 0 Å². The molecule has 4 amide bonds. The molecule has 0 aliphatic heterocycles. The third kappa shape index (κ3) is 10.5. The van der Waals surface area contributed by atoms with E-state index in [2.05, 4.69) is 16.0 Å². The third-order valence-electron chi connectivity index (χ3n) is 4.30. The second-order valence-corrected chi connectivity index (χ2v) is 8.40. The number of carbonyl (C=O) groups is 5. The summed E-state index contributed by atoms with van der Waals surface area (Å²) in [5.74, 6) is -4.50. The zero-order valence-corrected chi connectivity index (χ0v) is 18.9. The molecule has 0 rings (SSSR count). The van der Waals surface area contributed by atoms with E-state index in [9.17, 15) is 29.1 Å². The van der Waals surface area contributed by atoms with E-state index in [0.29, 0.717) is 12.2 Å². The van der Waals surface area contributed by atoms with E-state index >= 15 is 0 Å². The first-order chi connectivity index (χ1) is 14.3. The Bertz CT molecular complexity index is 659. The van der Waals surface area contributed by atoms with Crippen molar-refractivity contribution in [1.29, 1.82) is 0 Å². The number of carboxylic acid groups (broad SMARTS) is 1. The number of carboxylic acids is 1. The van der Waals surface area contributed by atoms with Gasteiger partial charge in [-0.1, -0.05) is 13.8 Å². The molecular weight excluding hydrogens is 430 g/mol. The van der Waals surface area contributed by atoms with Crippen molar-refractivity contribution in [1.82, 2.24) is 16.0 Å². The Morgan fingerprint density at radius 2 is 1.45 bits per heavy atom. The number of nitrogens with one attached hydrogen (secondary N) is 3. The summed E-state index contributed by atoms with van der Waals surface area (Å²) in [7, 11) is 0. The van der Waals surface area contributed by atoms with Crippen LogP contribution in [-0.4, -0.2) is 82.1 Å². The fraction of sp³-hybridized carbons (Fsp3) is 0.722. The summed E-state index contributed by atoms with van der Waals surface area (Å²) >= 11 is 1.52. The smallest absolute Gasteiger partial charge is 0.326 e. The maximum absolute atomic E-state index is 12.7. The van der Waals surface area contributed by atoms with Gasteiger partial charge in [-0.15, -0.1) is 0 Å². The molecule has 0 bridgehead atoms. The third-order valence-corrected chi connectivity index (χ3v) is 4.94. The summed E-state index contributed by atoms with van der Waals surface area (Å²) < 4.78 is 0. The highest BCUT2D eigenvalue weighted by atomic mass is 32.2. The molecule has 31 heavy (non-hydrogen) atoms. The van der Waals surface area contributed by atoms with E-state index in [4.69, 9.17) is 16.6 Å². The molecule has 5 unspecified atom stereocenters. The highest BCUT2D eigenvalue weighted by Gasteiger charge is 2.34. The molecule has 5 atom stereocenters. The van der Waals surface area contributed by atoms with Crippen LogP contribution in [0.2, 0.25) is 0 Å². The van der Waals surface area contributed by atoms with Crippen LogP contribution in [0.25, 0.3) is 0 Å². The van der Waals surface area contributed by atoms with Crippen LogP contribution in [0.15, 0.2) is 0 Å². The van der Waals surface area contributed by atoms with E-state index in [0.717, 1.165) is 0 Å². The van der Waals surface area contributed by atoms with Crippen LogP contribution in [0.5, 0.6) is 0 Å². The lowest BCUT2D eigenvalue weighted by Crippen LogP contribution is -2.61. The Hall–Kier alpha value is -2.38. The second-order valence-electron chi connectivity index (χ2n) is 7.41. The first kappa shape index (κ1) is 28.6. The van der Waals surface area contributed by atoms with Crippen molar-refractivity contribution in [3.05, 3.63) is 0 Å². The molecule has 0 aromatic rings. The van der Waals surface area contributed by atoms with Crippen LogP contribution in [-0.2, 0) is 24.0 Å². The number of rotatable bonds is 14. The number of hydrogen-bond donors (Lipinski definition) is 7. The molecule has 0 fully saturated rings. The van der Waals surface area contributed by atoms with Crippen molar-refractivity contribution in [2.75, 3.05) is 12.0 Å². The first-order valence-electron chi connectivity index (χ1n) is 9.66. The fourth-order valence-corrected chi connectivity index (χ4v) is 2.97. The molecule has 0 aliphatic rings. The van der Waals surface area contributed by atoms with Crippen molar-refractivity contribution in [3.63, 3.8) is 0 Å². The van der Waals surface area contributed by atoms with Crippen molar-refractivity contribution in [2.24, 2.45) is 17.4 Å². The van der Waals surface area contributed by atoms with E-state index in [1.807, 2.05) is 6.26 Å². The second kappa shape index (κ2) is 13.8. The van der Waals surface area contributed by atoms with Gasteiger partial charge in [0.2, 0.25) is 23.6 Å². The molecule has 13 heteroatoms. The van der Waals surface area contributed by atoms with Crippen LogP contribution >= 0.6 is 11.8 Å². The van der Waals surface area contributed by atoms with Gasteiger partial charge in [0.05, 0.1) is 18.6 Å². The number of carbonyl (C=O) groups excluding carboxylic acids is 4. The van der Waals surface area contributed by atoms with Gasteiger partial charge in [-0.2, -0.15) is 11.8 Å². The highest BCUT2D eigenvalue weighted by Crippen LogP contribution is 2.06. The molecule has 0 radical (unpaired) electrons. The van der Waals surface area contributed by atoms with Crippen molar-refractivity contribution in [2.45, 2.75) is 63.9 Å². The summed E-state index contributed by atoms with van der Waals surface area (Å²) in [6.45, 7) is 4.56. The molecule has 9 N–H and O–H groups in total. The average molecular weight is 464 g/mol. The number of aliphatic carboxylic acids is 1. The molecule has 0 aliphatic carbocycles. The molecule has 0 aromatic heterocycles. The number of aliphatic hydroxyl groups is 1. The molecular formula is C18H33N5O7S. The van der Waals surface area contributed by atoms with Crippen LogP contribution < -0.4 is 27.4 Å². The fourth-order valence-electron chi connectivity index (χ4n) is 2.48. The summed E-state index contributed by atoms with van der Waals surface area (Å²) in [5.41, 5.74) is 10.8. The van der Waals surface area contributed by atoms with Crippen LogP contribution in [0, 0.1) is 5.92 Å². The Balaban J connectivity index is 5.31. The van der Waals surface area contributed by atoms with Crippen molar-refractivity contribution < 1.29 is 34.2 Å². The summed E-state index contributed by atoms with van der Waals surface area (Å²) in [6, 6.07) is -5.03. The number of thioether (sulfide) groups is 1. The Morgan fingerprint density at radius 1 is 0.935 bits per heavy atom. The minimum absolute atomic E-state index is 0.379. The van der Waals surface area contributed by atoms with Gasteiger partial charge in [0.15, 0.2) is 0 Å². The van der Waals surface area contributed by atoms with E-state index in [1.165, 1.54) is 18.7 Å². The lowest BCUT2D eigenvalue weighted by atomic mass is 10.0. The lowest BCUT2D eigenvalue weighted by Gasteiger charge is -2.28. The number of nitrogens with two attached hydrogens (primary N) is 2. The maximum Gasteiger partial charge on any atom is 0.326 e. The van der Waals surface area contributed by atoms with Crippen LogP contribution in [0.1, 0.15) is 33.6 Å². The SMILES string of the molecule is CSCCC(N)C(=O)NC(C(=O)NC(C(=O)NC(CC(N)=O)C(=O)O)C(C)O)C(C)C. The van der Waals surface area contributed by atoms with E-state index < -0.39 is 66.3 Å². The maximum atomic E-state index is 12.7. The standard InChI is InChI=1S/C18H33N5O7S/c1-8(2)13(22-15(26)10(19)5-6-31-4)16(27)23-14(9(3)24)17(28)21-11(18(29)30)7-12(20)25/h8-11,13-14,24H,5-7,19H2,1-4H3,(H2,20,25)(H,21,28)(H,22,26)(H,23,27)(H,29,30). The molecule has 178 valence electrons. The highest BCUT2D eigenvalue weighted by molar-refractivity contribution is 7.98. The van der Waals surface area contributed by atoms with Gasteiger partial charge < -0.3 is 37.6 Å². The zero-order chi connectivity index (χ0) is 24.3. The van der Waals surface area contributed by atoms with Gasteiger partial charge in [-0.3, -0.25) is 19.2 Å². The predicted molar refractivity (Wildman–Crippen MR) is 115 cm³/mol. The Kier molecular flexibility index (Phi) is 12.8. The Labute approximate surface area is 185 Å². The number of amides is 4. The Morgan fingerprint density at radius 3 is 1.87 bits per heavy atom. The van der Waals surface area contributed by atoms with Gasteiger partial charge in [-0.05, 0) is 31.3 Å². The summed E-state index contributed by atoms with van der Waals surface area (Å²) in [5, 5.41) is 26.0. The molecule has 12 nitrogen and oxygen atoms in total. The van der Waals surface area contributed by atoms with E-state index in [1.54, 1.807) is 13.8 Å². The monoisotopic (exact) mass is 463 g/mol. The zero-order valence-electron chi connectivity index (χ0n) is 18.1. The predicted octanol–water partition coefficient (Wildman–Crippen LogP) is -2.48. The molecule has 0 spiro atoms. The topological polar surface area (TPSA) is 214 Å². The first-order valence-corrected chi connectivity index (χ1v) is 11.1. The summed E-state index contributed by atoms with van der Waals surface area (Å²) in [6.07, 6.45) is 0.211. The average Bonchev–Trinajstić information content (AvgIpc) is 2.66. The summed E-state index contributed by atoms with van der Waals surface area (Å²) in [4.78, 5) is 59.7. The van der Waals surface area contributed by atoms with Crippen molar-refractivity contribution >= 4 is 41.4 Å². The van der Waals surface area contributed by atoms with Crippen LogP contribution in [0.4, 0.5) is 0 Å². The van der Waals surface area contributed by atoms with Gasteiger partial charge in [0, 0.05) is 0 Å². The number of primary amides is 1. The lowest BCUT2D eigenvalue weighted by molar-refractivity contribution is -0.144. The largest absolute Gasteiger partial charge is 0.480 e. The van der Waals surface area contributed by atoms with Gasteiger partial charge in [-0.25, -0.2) is 4.79 Å². The molecule has 0 saturated carbocycles. The molecule has 0 aromatic carbocycles. The van der Waals surface area contributed by atoms with Gasteiger partial charge in [0.25, 0.3) is 0 Å². The van der Waals surface area contributed by atoms with Gasteiger partial charge in [0.1, 0.15) is 18.1 Å². The quantitative estimate of drug-likeness (QED) is 0.145. The van der Waals surface area contributed by atoms with Crippen LogP contribution in [0.3, 0.4) is 0 Å². The molecule has 0 heterocycles. The molecule has 0 saturated heterocycles. The minimum atomic E-state index is -1.63. The number of aliphatic hydroxyl groups excluding tert-OH is 1. The normalized spacial score (nSPS) is 15.8. The van der Waals surface area contributed by atoms with Gasteiger partial charge >= 0.3 is 5.97 Å². The number of hydrogen-bond acceptors (Lipinski definition) is 8.